The molecule has 1 aromatic rings. The van der Waals surface area contributed by atoms with Crippen molar-refractivity contribution >= 4 is 12.1 Å². The number of hydrogen-bond donors (Lipinski definition) is 1. The molecule has 0 aliphatic rings. The minimum atomic E-state index is -0.376. The molecule has 0 saturated heterocycles. The van der Waals surface area contributed by atoms with Gasteiger partial charge in [0.2, 0.25) is 0 Å². The summed E-state index contributed by atoms with van der Waals surface area (Å²) >= 11 is 0. The molecular formula is C9H10N4O. The van der Waals surface area contributed by atoms with Crippen molar-refractivity contribution in [2.45, 2.75) is 6.92 Å². The zero-order valence-electron chi connectivity index (χ0n) is 7.71. The van der Waals surface area contributed by atoms with Gasteiger partial charge in [0.25, 0.3) is 5.91 Å². The Hall–Kier alpha value is -2.04. The summed E-state index contributed by atoms with van der Waals surface area (Å²) in [6.07, 6.45) is 9.31. The molecule has 0 radical (unpaired) electrons. The molecule has 0 aliphatic heterocycles. The van der Waals surface area contributed by atoms with Gasteiger partial charge >= 0.3 is 0 Å². The van der Waals surface area contributed by atoms with Crippen molar-refractivity contribution in [2.24, 2.45) is 5.10 Å². The van der Waals surface area contributed by atoms with Gasteiger partial charge in [-0.3, -0.25) is 9.78 Å². The lowest BCUT2D eigenvalue weighted by molar-refractivity contribution is 0.0950. The largest absolute Gasteiger partial charge is 0.291 e. The Bertz CT molecular complexity index is 345. The third-order valence-electron chi connectivity index (χ3n) is 1.31. The summed E-state index contributed by atoms with van der Waals surface area (Å²) in [5.74, 6) is -0.376. The fourth-order valence-electron chi connectivity index (χ4n) is 0.699. The Kier molecular flexibility index (Phi) is 4.00. The first-order chi connectivity index (χ1) is 6.84. The summed E-state index contributed by atoms with van der Waals surface area (Å²) in [5.41, 5.74) is 2.55. The van der Waals surface area contributed by atoms with Crippen molar-refractivity contribution in [1.82, 2.24) is 15.4 Å². The minimum absolute atomic E-state index is 0.241. The maximum absolute atomic E-state index is 11.3. The smallest absolute Gasteiger partial charge is 0.265 e. The SMILES string of the molecule is C/C=C/C=NNC(=O)c1cnccn1. The molecule has 72 valence electrons. The van der Waals surface area contributed by atoms with E-state index in [-0.39, 0.29) is 11.6 Å². The van der Waals surface area contributed by atoms with Gasteiger partial charge in [-0.25, -0.2) is 10.4 Å². The highest BCUT2D eigenvalue weighted by Gasteiger charge is 2.03. The van der Waals surface area contributed by atoms with E-state index in [1.54, 1.807) is 12.2 Å². The molecule has 0 aromatic carbocycles. The van der Waals surface area contributed by atoms with E-state index in [0.717, 1.165) is 0 Å². The molecule has 1 aromatic heterocycles. The molecule has 0 fully saturated rings. The van der Waals surface area contributed by atoms with Crippen LogP contribution in [0.25, 0.3) is 0 Å². The number of carbonyl (C=O) groups is 1. The van der Waals surface area contributed by atoms with Crippen molar-refractivity contribution in [3.05, 3.63) is 36.4 Å². The number of hydrogen-bond acceptors (Lipinski definition) is 4. The second-order valence-corrected chi connectivity index (χ2v) is 2.34. The molecule has 1 heterocycles. The molecule has 0 aliphatic carbocycles. The molecule has 1 rings (SSSR count). The van der Waals surface area contributed by atoms with Crippen LogP contribution in [-0.2, 0) is 0 Å². The number of carbonyl (C=O) groups excluding carboxylic acids is 1. The molecule has 0 atom stereocenters. The lowest BCUT2D eigenvalue weighted by Gasteiger charge is -1.95. The van der Waals surface area contributed by atoms with Crippen molar-refractivity contribution in [2.75, 3.05) is 0 Å². The Morgan fingerprint density at radius 1 is 1.57 bits per heavy atom. The van der Waals surface area contributed by atoms with Gasteiger partial charge in [0.05, 0.1) is 6.20 Å². The first-order valence-corrected chi connectivity index (χ1v) is 4.05. The second kappa shape index (κ2) is 5.58. The maximum Gasteiger partial charge on any atom is 0.291 e. The molecule has 1 N–H and O–H groups in total. The van der Waals surface area contributed by atoms with Gasteiger partial charge in [-0.1, -0.05) is 6.08 Å². The molecule has 0 unspecified atom stereocenters. The average molecular weight is 190 g/mol. The number of rotatable bonds is 3. The summed E-state index contributed by atoms with van der Waals surface area (Å²) in [5, 5.41) is 3.66. The zero-order valence-corrected chi connectivity index (χ0v) is 7.71. The molecule has 0 bridgehead atoms. The van der Waals surface area contributed by atoms with E-state index < -0.39 is 0 Å². The fourth-order valence-corrected chi connectivity index (χ4v) is 0.699. The van der Waals surface area contributed by atoms with E-state index in [9.17, 15) is 4.79 Å². The number of aromatic nitrogens is 2. The van der Waals surface area contributed by atoms with Crippen LogP contribution in [0, 0.1) is 0 Å². The topological polar surface area (TPSA) is 67.2 Å². The molecule has 5 nitrogen and oxygen atoms in total. The molecule has 0 spiro atoms. The van der Waals surface area contributed by atoms with Gasteiger partial charge in [0.15, 0.2) is 0 Å². The van der Waals surface area contributed by atoms with E-state index in [0.29, 0.717) is 0 Å². The molecule has 0 saturated carbocycles. The Morgan fingerprint density at radius 3 is 3.07 bits per heavy atom. The maximum atomic E-state index is 11.3. The molecular weight excluding hydrogens is 180 g/mol. The van der Waals surface area contributed by atoms with Gasteiger partial charge in [0, 0.05) is 18.6 Å². The van der Waals surface area contributed by atoms with Crippen molar-refractivity contribution in [3.8, 4) is 0 Å². The van der Waals surface area contributed by atoms with Crippen molar-refractivity contribution < 1.29 is 4.79 Å². The highest BCUT2D eigenvalue weighted by molar-refractivity contribution is 5.92. The molecule has 14 heavy (non-hydrogen) atoms. The number of hydrazone groups is 1. The van der Waals surface area contributed by atoms with Crippen LogP contribution in [0.4, 0.5) is 0 Å². The van der Waals surface area contributed by atoms with Crippen molar-refractivity contribution in [1.29, 1.82) is 0 Å². The van der Waals surface area contributed by atoms with Gasteiger partial charge in [-0.15, -0.1) is 0 Å². The summed E-state index contributed by atoms with van der Waals surface area (Å²) in [6.45, 7) is 1.86. The molecule has 1 amide bonds. The molecule has 5 heteroatoms. The van der Waals surface area contributed by atoms with Gasteiger partial charge < -0.3 is 0 Å². The number of amides is 1. The average Bonchev–Trinajstić information content (AvgIpc) is 2.25. The first kappa shape index (κ1) is 10.0. The summed E-state index contributed by atoms with van der Waals surface area (Å²) < 4.78 is 0. The monoisotopic (exact) mass is 190 g/mol. The standard InChI is InChI=1S/C9H10N4O/c1-2-3-4-12-13-9(14)8-7-10-5-6-11-8/h2-7H,1H3,(H,13,14)/b3-2+,12-4?. The number of nitrogens with one attached hydrogen (secondary N) is 1. The predicted octanol–water partition coefficient (Wildman–Crippen LogP) is 0.768. The second-order valence-electron chi connectivity index (χ2n) is 2.34. The quantitative estimate of drug-likeness (QED) is 0.565. The summed E-state index contributed by atoms with van der Waals surface area (Å²) in [7, 11) is 0. The van der Waals surface area contributed by atoms with Crippen LogP contribution < -0.4 is 5.43 Å². The van der Waals surface area contributed by atoms with Crippen LogP contribution in [0.5, 0.6) is 0 Å². The summed E-state index contributed by atoms with van der Waals surface area (Å²) in [4.78, 5) is 18.8. The Labute approximate surface area is 81.6 Å². The van der Waals surface area contributed by atoms with Gasteiger partial charge in [-0.05, 0) is 13.0 Å². The van der Waals surface area contributed by atoms with Gasteiger partial charge in [0.1, 0.15) is 5.69 Å². The highest BCUT2D eigenvalue weighted by Crippen LogP contribution is 1.88. The normalized spacial score (nSPS) is 10.9. The van der Waals surface area contributed by atoms with E-state index in [1.807, 2.05) is 6.92 Å². The fraction of sp³-hybridized carbons (Fsp3) is 0.111. The Morgan fingerprint density at radius 2 is 2.43 bits per heavy atom. The van der Waals surface area contributed by atoms with Crippen LogP contribution in [0.15, 0.2) is 35.8 Å². The van der Waals surface area contributed by atoms with Crippen LogP contribution in [0.2, 0.25) is 0 Å². The predicted molar refractivity (Wildman–Crippen MR) is 52.8 cm³/mol. The number of nitrogens with zero attached hydrogens (tertiary/aromatic N) is 3. The van der Waals surface area contributed by atoms with Crippen molar-refractivity contribution in [3.63, 3.8) is 0 Å². The highest BCUT2D eigenvalue weighted by atomic mass is 16.2. The lowest BCUT2D eigenvalue weighted by Crippen LogP contribution is -2.18. The van der Waals surface area contributed by atoms with E-state index in [2.05, 4.69) is 20.5 Å². The zero-order chi connectivity index (χ0) is 10.2. The van der Waals surface area contributed by atoms with E-state index in [1.165, 1.54) is 24.8 Å². The lowest BCUT2D eigenvalue weighted by atomic mass is 10.4. The van der Waals surface area contributed by atoms with Crippen LogP contribution in [0.3, 0.4) is 0 Å². The summed E-state index contributed by atoms with van der Waals surface area (Å²) in [6, 6.07) is 0. The number of allylic oxidation sites excluding steroid dienone is 2. The Balaban J connectivity index is 2.52. The minimum Gasteiger partial charge on any atom is -0.265 e. The first-order valence-electron chi connectivity index (χ1n) is 4.05. The van der Waals surface area contributed by atoms with Crippen LogP contribution in [0.1, 0.15) is 17.4 Å². The van der Waals surface area contributed by atoms with Crippen LogP contribution in [-0.4, -0.2) is 22.1 Å². The third kappa shape index (κ3) is 3.14. The third-order valence-corrected chi connectivity index (χ3v) is 1.31. The van der Waals surface area contributed by atoms with Gasteiger partial charge in [-0.2, -0.15) is 5.10 Å². The van der Waals surface area contributed by atoms with E-state index in [4.69, 9.17) is 0 Å². The van der Waals surface area contributed by atoms with E-state index >= 15 is 0 Å². The van der Waals surface area contributed by atoms with Crippen LogP contribution >= 0.6 is 0 Å².